The number of nitroso groups, excluding NO2 is 1. The summed E-state index contributed by atoms with van der Waals surface area (Å²) in [5.74, 6) is 0.334. The van der Waals surface area contributed by atoms with Gasteiger partial charge in [-0.1, -0.05) is 18.0 Å². The van der Waals surface area contributed by atoms with E-state index in [4.69, 9.17) is 0 Å². The highest BCUT2D eigenvalue weighted by Gasteiger charge is 2.24. The fourth-order valence-corrected chi connectivity index (χ4v) is 1.74. The van der Waals surface area contributed by atoms with Gasteiger partial charge in [0.15, 0.2) is 0 Å². The van der Waals surface area contributed by atoms with Crippen LogP contribution < -0.4 is 0 Å². The first-order valence-electron chi connectivity index (χ1n) is 4.13. The number of rotatable bonds is 3. The Bertz CT molecular complexity index is 147. The van der Waals surface area contributed by atoms with Crippen molar-refractivity contribution in [2.75, 3.05) is 6.54 Å². The third-order valence-electron chi connectivity index (χ3n) is 2.45. The number of carbonyl (C=O) groups excluding carboxylic acids is 1. The van der Waals surface area contributed by atoms with E-state index >= 15 is 0 Å². The van der Waals surface area contributed by atoms with Gasteiger partial charge in [-0.3, -0.25) is 0 Å². The van der Waals surface area contributed by atoms with E-state index in [0.29, 0.717) is 6.54 Å². The van der Waals surface area contributed by atoms with E-state index in [1.165, 1.54) is 0 Å². The molecule has 1 fully saturated rings. The number of aldehydes is 1. The van der Waals surface area contributed by atoms with E-state index in [2.05, 4.69) is 5.18 Å². The summed E-state index contributed by atoms with van der Waals surface area (Å²) < 4.78 is 0. The maximum absolute atomic E-state index is 10.5. The fourth-order valence-electron chi connectivity index (χ4n) is 1.74. The van der Waals surface area contributed by atoms with Crippen LogP contribution in [0.15, 0.2) is 5.18 Å². The van der Waals surface area contributed by atoms with Crippen molar-refractivity contribution in [2.45, 2.75) is 25.7 Å². The molecule has 11 heavy (non-hydrogen) atoms. The third kappa shape index (κ3) is 2.10. The Morgan fingerprint density at radius 2 is 2.09 bits per heavy atom. The van der Waals surface area contributed by atoms with Crippen LogP contribution >= 0.6 is 0 Å². The molecule has 0 aromatic heterocycles. The van der Waals surface area contributed by atoms with Gasteiger partial charge in [0, 0.05) is 5.92 Å². The van der Waals surface area contributed by atoms with Gasteiger partial charge < -0.3 is 4.79 Å². The Hall–Kier alpha value is -0.730. The number of hydrogen-bond acceptors (Lipinski definition) is 3. The van der Waals surface area contributed by atoms with Crippen molar-refractivity contribution in [1.82, 2.24) is 0 Å². The normalized spacial score (nSPS) is 31.3. The predicted molar refractivity (Wildman–Crippen MR) is 42.2 cm³/mol. The van der Waals surface area contributed by atoms with Crippen molar-refractivity contribution in [3.05, 3.63) is 4.91 Å². The van der Waals surface area contributed by atoms with E-state index in [-0.39, 0.29) is 11.8 Å². The minimum Gasteiger partial charge on any atom is -0.303 e. The van der Waals surface area contributed by atoms with Crippen molar-refractivity contribution in [2.24, 2.45) is 17.0 Å². The van der Waals surface area contributed by atoms with E-state index in [0.717, 1.165) is 32.0 Å². The molecule has 0 spiro atoms. The van der Waals surface area contributed by atoms with Crippen LogP contribution in [0, 0.1) is 16.7 Å². The monoisotopic (exact) mass is 155 g/mol. The van der Waals surface area contributed by atoms with E-state index < -0.39 is 0 Å². The Kier molecular flexibility index (Phi) is 3.20. The molecule has 0 aromatic carbocycles. The zero-order valence-corrected chi connectivity index (χ0v) is 6.53. The smallest absolute Gasteiger partial charge is 0.123 e. The molecule has 62 valence electrons. The molecule has 1 rings (SSSR count). The molecule has 0 unspecified atom stereocenters. The summed E-state index contributed by atoms with van der Waals surface area (Å²) in [5.41, 5.74) is 0. The molecule has 0 N–H and O–H groups in total. The zero-order chi connectivity index (χ0) is 8.10. The second-order valence-electron chi connectivity index (χ2n) is 3.16. The quantitative estimate of drug-likeness (QED) is 0.460. The summed E-state index contributed by atoms with van der Waals surface area (Å²) in [7, 11) is 0. The van der Waals surface area contributed by atoms with Gasteiger partial charge in [0.25, 0.3) is 0 Å². The van der Waals surface area contributed by atoms with Crippen LogP contribution in [0.1, 0.15) is 25.7 Å². The maximum Gasteiger partial charge on any atom is 0.123 e. The van der Waals surface area contributed by atoms with Gasteiger partial charge in [-0.25, -0.2) is 0 Å². The number of carbonyl (C=O) groups is 1. The van der Waals surface area contributed by atoms with Crippen LogP contribution in [0.25, 0.3) is 0 Å². The molecule has 0 saturated heterocycles. The first-order valence-corrected chi connectivity index (χ1v) is 4.13. The molecule has 0 radical (unpaired) electrons. The lowest BCUT2D eigenvalue weighted by Crippen LogP contribution is -2.22. The van der Waals surface area contributed by atoms with Gasteiger partial charge in [0.2, 0.25) is 0 Å². The summed E-state index contributed by atoms with van der Waals surface area (Å²) in [6, 6.07) is 0. The van der Waals surface area contributed by atoms with Crippen molar-refractivity contribution in [3.8, 4) is 0 Å². The molecule has 1 aliphatic rings. The van der Waals surface area contributed by atoms with Gasteiger partial charge in [-0.05, 0) is 18.8 Å². The molecule has 1 saturated carbocycles. The lowest BCUT2D eigenvalue weighted by atomic mass is 9.80. The first kappa shape index (κ1) is 8.37. The largest absolute Gasteiger partial charge is 0.303 e. The topological polar surface area (TPSA) is 46.5 Å². The molecule has 0 amide bonds. The van der Waals surface area contributed by atoms with E-state index in [1.807, 2.05) is 0 Å². The molecule has 3 heteroatoms. The van der Waals surface area contributed by atoms with Crippen molar-refractivity contribution < 1.29 is 4.79 Å². The minimum absolute atomic E-state index is 0.0986. The highest BCUT2D eigenvalue weighted by molar-refractivity contribution is 5.54. The van der Waals surface area contributed by atoms with Crippen LogP contribution in [0.4, 0.5) is 0 Å². The lowest BCUT2D eigenvalue weighted by Gasteiger charge is -2.24. The molecule has 0 aliphatic heterocycles. The molecule has 0 bridgehead atoms. The standard InChI is InChI=1S/C8H13NO2/c10-6-8-4-2-1-3-7(8)5-9-11/h6-8H,1-5H2/t7-,8-/m0/s1. The summed E-state index contributed by atoms with van der Waals surface area (Å²) in [6.45, 7) is 0.323. The predicted octanol–water partition coefficient (Wildman–Crippen LogP) is 1.76. The Labute approximate surface area is 66.1 Å². The van der Waals surface area contributed by atoms with E-state index in [1.54, 1.807) is 0 Å². The second-order valence-corrected chi connectivity index (χ2v) is 3.16. The zero-order valence-electron chi connectivity index (χ0n) is 6.53. The van der Waals surface area contributed by atoms with Gasteiger partial charge in [0.05, 0.1) is 6.54 Å². The summed E-state index contributed by atoms with van der Waals surface area (Å²) in [5, 5.41) is 2.85. The SMILES string of the molecule is O=C[C@@H]1CCCC[C@H]1CN=O. The lowest BCUT2D eigenvalue weighted by molar-refractivity contribution is -0.113. The van der Waals surface area contributed by atoms with Crippen LogP contribution in [-0.4, -0.2) is 12.8 Å². The van der Waals surface area contributed by atoms with Gasteiger partial charge >= 0.3 is 0 Å². The molecule has 3 nitrogen and oxygen atoms in total. The molecular formula is C8H13NO2. The van der Waals surface area contributed by atoms with Gasteiger partial charge in [0.1, 0.15) is 6.29 Å². The maximum atomic E-state index is 10.5. The Morgan fingerprint density at radius 3 is 2.73 bits per heavy atom. The average molecular weight is 155 g/mol. The highest BCUT2D eigenvalue weighted by Crippen LogP contribution is 2.28. The third-order valence-corrected chi connectivity index (χ3v) is 2.45. The Balaban J connectivity index is 2.43. The number of hydrogen-bond donors (Lipinski definition) is 0. The van der Waals surface area contributed by atoms with Crippen LogP contribution in [0.5, 0.6) is 0 Å². The fraction of sp³-hybridized carbons (Fsp3) is 0.875. The molecule has 0 heterocycles. The van der Waals surface area contributed by atoms with Crippen LogP contribution in [0.2, 0.25) is 0 Å². The summed E-state index contributed by atoms with van der Waals surface area (Å²) >= 11 is 0. The minimum atomic E-state index is 0.0986. The molecule has 1 aliphatic carbocycles. The van der Waals surface area contributed by atoms with Crippen molar-refractivity contribution in [1.29, 1.82) is 0 Å². The van der Waals surface area contributed by atoms with Crippen LogP contribution in [0.3, 0.4) is 0 Å². The summed E-state index contributed by atoms with van der Waals surface area (Å²) in [4.78, 5) is 20.5. The average Bonchev–Trinajstić information content (AvgIpc) is 2.06. The Morgan fingerprint density at radius 1 is 1.36 bits per heavy atom. The van der Waals surface area contributed by atoms with Gasteiger partial charge in [-0.15, -0.1) is 0 Å². The molecular weight excluding hydrogens is 142 g/mol. The van der Waals surface area contributed by atoms with E-state index in [9.17, 15) is 9.70 Å². The highest BCUT2D eigenvalue weighted by atomic mass is 16.3. The molecule has 0 aromatic rings. The van der Waals surface area contributed by atoms with Gasteiger partial charge in [-0.2, -0.15) is 4.91 Å². The van der Waals surface area contributed by atoms with Crippen LogP contribution in [-0.2, 0) is 4.79 Å². The summed E-state index contributed by atoms with van der Waals surface area (Å²) in [6.07, 6.45) is 5.19. The number of nitrogens with zero attached hydrogens (tertiary/aromatic N) is 1. The second kappa shape index (κ2) is 4.21. The van der Waals surface area contributed by atoms with Crippen molar-refractivity contribution in [3.63, 3.8) is 0 Å². The first-order chi connectivity index (χ1) is 5.38. The van der Waals surface area contributed by atoms with Crippen molar-refractivity contribution >= 4 is 6.29 Å². The molecule has 2 atom stereocenters.